The van der Waals surface area contributed by atoms with Crippen LogP contribution in [-0.4, -0.2) is 64.3 Å². The highest BCUT2D eigenvalue weighted by Crippen LogP contribution is 2.37. The van der Waals surface area contributed by atoms with Gasteiger partial charge in [-0.2, -0.15) is 0 Å². The van der Waals surface area contributed by atoms with Crippen molar-refractivity contribution in [3.05, 3.63) is 29.6 Å². The molecule has 0 bridgehead atoms. The molecule has 2 aromatic rings. The molecule has 0 atom stereocenters. The molecule has 7 nitrogen and oxygen atoms in total. The quantitative estimate of drug-likeness (QED) is 0.492. The van der Waals surface area contributed by atoms with E-state index in [1.807, 2.05) is 13.1 Å². The number of carbonyl (C=O) groups excluding carboxylic acids is 1. The van der Waals surface area contributed by atoms with Crippen LogP contribution in [0.5, 0.6) is 0 Å². The largest absolute Gasteiger partial charge is 0.450 e. The summed E-state index contributed by atoms with van der Waals surface area (Å²) in [7, 11) is 0. The van der Waals surface area contributed by atoms with Gasteiger partial charge in [0.2, 0.25) is 0 Å². The van der Waals surface area contributed by atoms with Crippen LogP contribution in [0.1, 0.15) is 89.4 Å². The number of ether oxygens (including phenoxy) is 1. The van der Waals surface area contributed by atoms with Crippen LogP contribution < -0.4 is 5.32 Å². The molecule has 1 N–H and O–H groups in total. The number of rotatable bonds is 8. The minimum Gasteiger partial charge on any atom is -0.450 e. The highest BCUT2D eigenvalue weighted by Gasteiger charge is 2.32. The number of nitrogens with zero attached hydrogens (tertiary/aromatic N) is 4. The molecule has 0 aromatic carbocycles. The van der Waals surface area contributed by atoms with Gasteiger partial charge in [-0.3, -0.25) is 4.90 Å². The Kier molecular flexibility index (Phi) is 8.71. The maximum absolute atomic E-state index is 12.3. The fourth-order valence-corrected chi connectivity index (χ4v) is 7.16. The molecule has 0 spiro atoms. The van der Waals surface area contributed by atoms with Crippen molar-refractivity contribution in [3.8, 4) is 0 Å². The van der Waals surface area contributed by atoms with Gasteiger partial charge in [0.15, 0.2) is 0 Å². The van der Waals surface area contributed by atoms with Crippen LogP contribution in [0.3, 0.4) is 0 Å². The van der Waals surface area contributed by atoms with Gasteiger partial charge in [0, 0.05) is 49.0 Å². The topological polar surface area (TPSA) is 62.6 Å². The molecule has 7 heteroatoms. The summed E-state index contributed by atoms with van der Waals surface area (Å²) in [6.45, 7) is 13.0. The molecule has 2 aromatic heterocycles. The van der Waals surface area contributed by atoms with Gasteiger partial charge in [-0.25, -0.2) is 9.78 Å². The van der Waals surface area contributed by atoms with Gasteiger partial charge in [-0.15, -0.1) is 0 Å². The van der Waals surface area contributed by atoms with Crippen LogP contribution in [-0.2, 0) is 17.8 Å². The first-order valence-corrected chi connectivity index (χ1v) is 14.9. The maximum Gasteiger partial charge on any atom is 0.407 e. The Bertz CT molecular complexity index is 1030. The van der Waals surface area contributed by atoms with E-state index in [2.05, 4.69) is 45.7 Å². The number of hydrogen-bond acceptors (Lipinski definition) is 5. The summed E-state index contributed by atoms with van der Waals surface area (Å²) in [4.78, 5) is 22.5. The predicted molar refractivity (Wildman–Crippen MR) is 149 cm³/mol. The molecule has 204 valence electrons. The maximum atomic E-state index is 12.3. The van der Waals surface area contributed by atoms with E-state index < -0.39 is 0 Å². The van der Waals surface area contributed by atoms with Crippen molar-refractivity contribution < 1.29 is 9.53 Å². The van der Waals surface area contributed by atoms with Crippen molar-refractivity contribution >= 4 is 17.1 Å². The SMILES string of the molecule is CCOC(=O)NCc1c(CN2CCCC2)c2cccnc2n1C1CCN([C@H]2CC[C@@H](C(C)C)CC2)CC1. The van der Waals surface area contributed by atoms with Crippen LogP contribution in [0.2, 0.25) is 0 Å². The van der Waals surface area contributed by atoms with E-state index in [0.717, 1.165) is 69.1 Å². The fraction of sp³-hybridized carbons (Fsp3) is 0.733. The van der Waals surface area contributed by atoms with Crippen molar-refractivity contribution in [2.75, 3.05) is 32.8 Å². The molecule has 37 heavy (non-hydrogen) atoms. The lowest BCUT2D eigenvalue weighted by atomic mass is 9.79. The molecule has 1 saturated carbocycles. The molecule has 5 rings (SSSR count). The number of nitrogens with one attached hydrogen (secondary N) is 1. The number of alkyl carbamates (subject to hydrolysis) is 1. The standard InChI is InChI=1S/C30H47N5O2/c1-4-37-30(36)32-20-28-27(21-33-16-5-6-17-33)26-8-7-15-31-29(26)35(28)25-13-18-34(19-14-25)24-11-9-23(10-12-24)22(2)3/h7-8,15,22-25H,4-6,9-14,16-21H2,1-3H3,(H,32,36)/t23-,24+. The predicted octanol–water partition coefficient (Wildman–Crippen LogP) is 5.73. The molecular weight excluding hydrogens is 462 g/mol. The molecule has 2 saturated heterocycles. The zero-order valence-electron chi connectivity index (χ0n) is 23.3. The summed E-state index contributed by atoms with van der Waals surface area (Å²) in [6, 6.07) is 5.44. The van der Waals surface area contributed by atoms with E-state index in [1.54, 1.807) is 0 Å². The zero-order valence-corrected chi connectivity index (χ0v) is 23.3. The van der Waals surface area contributed by atoms with E-state index in [9.17, 15) is 4.79 Å². The number of fused-ring (bicyclic) bond motifs is 1. The Labute approximate surface area is 222 Å². The number of aromatic nitrogens is 2. The Morgan fingerprint density at radius 2 is 1.78 bits per heavy atom. The molecule has 4 heterocycles. The van der Waals surface area contributed by atoms with Crippen LogP contribution in [0, 0.1) is 11.8 Å². The van der Waals surface area contributed by atoms with Gasteiger partial charge in [-0.05, 0) is 101 Å². The zero-order chi connectivity index (χ0) is 25.8. The summed E-state index contributed by atoms with van der Waals surface area (Å²) in [6.07, 6.45) is 11.9. The lowest BCUT2D eigenvalue weighted by molar-refractivity contribution is 0.0887. The third-order valence-electron chi connectivity index (χ3n) is 9.30. The second kappa shape index (κ2) is 12.2. The number of amides is 1. The minimum absolute atomic E-state index is 0.341. The van der Waals surface area contributed by atoms with Crippen molar-refractivity contribution in [1.82, 2.24) is 24.7 Å². The summed E-state index contributed by atoms with van der Waals surface area (Å²) in [5.74, 6) is 1.73. The fourth-order valence-electron chi connectivity index (χ4n) is 7.16. The van der Waals surface area contributed by atoms with Crippen molar-refractivity contribution in [2.45, 2.75) is 97.3 Å². The Morgan fingerprint density at radius 3 is 2.46 bits per heavy atom. The second-order valence-electron chi connectivity index (χ2n) is 11.8. The van der Waals surface area contributed by atoms with Gasteiger partial charge >= 0.3 is 6.09 Å². The third-order valence-corrected chi connectivity index (χ3v) is 9.30. The Hall–Kier alpha value is -2.12. The van der Waals surface area contributed by atoms with Crippen molar-refractivity contribution in [1.29, 1.82) is 0 Å². The van der Waals surface area contributed by atoms with Crippen LogP contribution in [0.15, 0.2) is 18.3 Å². The average molecular weight is 510 g/mol. The van der Waals surface area contributed by atoms with E-state index in [0.29, 0.717) is 19.2 Å². The molecule has 1 aliphatic carbocycles. The third kappa shape index (κ3) is 5.98. The van der Waals surface area contributed by atoms with Crippen LogP contribution in [0.25, 0.3) is 11.0 Å². The number of likely N-dealkylation sites (tertiary alicyclic amines) is 2. The monoisotopic (exact) mass is 509 g/mol. The van der Waals surface area contributed by atoms with E-state index in [-0.39, 0.29) is 6.09 Å². The molecule has 0 radical (unpaired) electrons. The van der Waals surface area contributed by atoms with Gasteiger partial charge in [-0.1, -0.05) is 13.8 Å². The minimum atomic E-state index is -0.341. The number of carbonyl (C=O) groups is 1. The van der Waals surface area contributed by atoms with Gasteiger partial charge < -0.3 is 19.5 Å². The van der Waals surface area contributed by atoms with Gasteiger partial charge in [0.1, 0.15) is 5.65 Å². The number of pyridine rings is 1. The lowest BCUT2D eigenvalue weighted by Gasteiger charge is -2.42. The van der Waals surface area contributed by atoms with Crippen LogP contribution >= 0.6 is 0 Å². The van der Waals surface area contributed by atoms with Crippen LogP contribution in [0.4, 0.5) is 4.79 Å². The van der Waals surface area contributed by atoms with Gasteiger partial charge in [0.05, 0.1) is 13.2 Å². The normalized spacial score (nSPS) is 24.2. The average Bonchev–Trinajstić information content (AvgIpc) is 3.54. The first-order chi connectivity index (χ1) is 18.0. The highest BCUT2D eigenvalue weighted by atomic mass is 16.5. The first-order valence-electron chi connectivity index (χ1n) is 14.9. The molecule has 3 aliphatic rings. The summed E-state index contributed by atoms with van der Waals surface area (Å²) in [5.41, 5.74) is 3.62. The van der Waals surface area contributed by atoms with Crippen molar-refractivity contribution in [2.24, 2.45) is 11.8 Å². The molecule has 3 fully saturated rings. The second-order valence-corrected chi connectivity index (χ2v) is 11.8. The van der Waals surface area contributed by atoms with E-state index in [1.165, 1.54) is 55.2 Å². The lowest BCUT2D eigenvalue weighted by Crippen LogP contribution is -2.44. The molecule has 1 amide bonds. The molecule has 2 aliphatic heterocycles. The number of hydrogen-bond donors (Lipinski definition) is 1. The summed E-state index contributed by atoms with van der Waals surface area (Å²) in [5, 5.41) is 4.28. The Balaban J connectivity index is 1.36. The smallest absolute Gasteiger partial charge is 0.407 e. The van der Waals surface area contributed by atoms with E-state index in [4.69, 9.17) is 9.72 Å². The molecular formula is C30H47N5O2. The summed E-state index contributed by atoms with van der Waals surface area (Å²) < 4.78 is 7.69. The van der Waals surface area contributed by atoms with Gasteiger partial charge in [0.25, 0.3) is 0 Å². The summed E-state index contributed by atoms with van der Waals surface area (Å²) >= 11 is 0. The van der Waals surface area contributed by atoms with Crippen molar-refractivity contribution in [3.63, 3.8) is 0 Å². The Morgan fingerprint density at radius 1 is 1.05 bits per heavy atom. The van der Waals surface area contributed by atoms with E-state index >= 15 is 0 Å². The number of piperidine rings is 1. The highest BCUT2D eigenvalue weighted by molar-refractivity contribution is 5.82. The molecule has 0 unspecified atom stereocenters. The first kappa shape index (κ1) is 26.5.